The van der Waals surface area contributed by atoms with Gasteiger partial charge < -0.3 is 5.32 Å². The second-order valence-corrected chi connectivity index (χ2v) is 4.90. The lowest BCUT2D eigenvalue weighted by Gasteiger charge is -2.20. The summed E-state index contributed by atoms with van der Waals surface area (Å²) >= 11 is 0. The van der Waals surface area contributed by atoms with Crippen LogP contribution in [0.1, 0.15) is 38.1 Å². The van der Waals surface area contributed by atoms with Gasteiger partial charge in [0.1, 0.15) is 6.17 Å². The summed E-state index contributed by atoms with van der Waals surface area (Å²) in [7, 11) is 1.76. The lowest BCUT2D eigenvalue weighted by molar-refractivity contribution is 0.335. The third-order valence-corrected chi connectivity index (χ3v) is 2.50. The fraction of sp³-hybridized carbons (Fsp3) is 0.538. The Kier molecular flexibility index (Phi) is 3.86. The minimum absolute atomic E-state index is 0.0787. The molecule has 0 amide bonds. The molecule has 1 rings (SSSR count). The first kappa shape index (κ1) is 12.2. The van der Waals surface area contributed by atoms with Crippen molar-refractivity contribution in [1.29, 1.82) is 0 Å². The molecule has 0 bridgehead atoms. The van der Waals surface area contributed by atoms with Crippen LogP contribution in [0.15, 0.2) is 24.3 Å². The number of nitrogens with one attached hydrogen (secondary N) is 1. The maximum absolute atomic E-state index is 13.6. The maximum Gasteiger partial charge on any atom is 0.137 e. The molecule has 1 atom stereocenters. The van der Waals surface area contributed by atoms with Crippen molar-refractivity contribution in [2.75, 3.05) is 13.6 Å². The number of hydrogen-bond donors (Lipinski definition) is 1. The SMILES string of the molecule is CNCC(F)c1cccc(C(C)(C)C)c1. The zero-order chi connectivity index (χ0) is 11.5. The third-order valence-electron chi connectivity index (χ3n) is 2.50. The molecule has 0 fully saturated rings. The van der Waals surface area contributed by atoms with E-state index in [-0.39, 0.29) is 5.41 Å². The molecule has 1 aromatic carbocycles. The topological polar surface area (TPSA) is 12.0 Å². The van der Waals surface area contributed by atoms with Crippen LogP contribution in [0.25, 0.3) is 0 Å². The Balaban J connectivity index is 2.92. The molecule has 2 heteroatoms. The van der Waals surface area contributed by atoms with Crippen LogP contribution in [0, 0.1) is 0 Å². The molecule has 1 aromatic rings. The monoisotopic (exact) mass is 209 g/mol. The molecule has 0 aliphatic carbocycles. The summed E-state index contributed by atoms with van der Waals surface area (Å²) in [4.78, 5) is 0. The largest absolute Gasteiger partial charge is 0.317 e. The Labute approximate surface area is 91.7 Å². The molecular formula is C13H20FN. The van der Waals surface area contributed by atoms with Crippen LogP contribution in [0.3, 0.4) is 0 Å². The van der Waals surface area contributed by atoms with E-state index < -0.39 is 6.17 Å². The highest BCUT2D eigenvalue weighted by atomic mass is 19.1. The molecule has 0 heterocycles. The van der Waals surface area contributed by atoms with Crippen LogP contribution >= 0.6 is 0 Å². The van der Waals surface area contributed by atoms with Crippen molar-refractivity contribution in [3.63, 3.8) is 0 Å². The fourth-order valence-electron chi connectivity index (χ4n) is 1.50. The first-order chi connectivity index (χ1) is 6.95. The van der Waals surface area contributed by atoms with Crippen LogP contribution in [-0.4, -0.2) is 13.6 Å². The number of rotatable bonds is 3. The molecule has 1 N–H and O–H groups in total. The summed E-state index contributed by atoms with van der Waals surface area (Å²) in [6, 6.07) is 7.78. The van der Waals surface area contributed by atoms with Gasteiger partial charge in [-0.05, 0) is 23.6 Å². The molecule has 0 saturated heterocycles. The molecular weight excluding hydrogens is 189 g/mol. The zero-order valence-corrected chi connectivity index (χ0v) is 9.97. The predicted molar refractivity (Wildman–Crippen MR) is 62.9 cm³/mol. The Morgan fingerprint density at radius 2 is 2.00 bits per heavy atom. The average Bonchev–Trinajstić information content (AvgIpc) is 2.17. The summed E-state index contributed by atoms with van der Waals surface area (Å²) < 4.78 is 13.6. The van der Waals surface area contributed by atoms with Gasteiger partial charge in [-0.2, -0.15) is 0 Å². The first-order valence-electron chi connectivity index (χ1n) is 5.34. The van der Waals surface area contributed by atoms with Crippen LogP contribution in [0.5, 0.6) is 0 Å². The van der Waals surface area contributed by atoms with Crippen LogP contribution < -0.4 is 5.32 Å². The molecule has 0 spiro atoms. The van der Waals surface area contributed by atoms with Gasteiger partial charge in [0, 0.05) is 6.54 Å². The van der Waals surface area contributed by atoms with E-state index >= 15 is 0 Å². The van der Waals surface area contributed by atoms with Gasteiger partial charge in [-0.25, -0.2) is 4.39 Å². The van der Waals surface area contributed by atoms with Gasteiger partial charge in [0.25, 0.3) is 0 Å². The standard InChI is InChI=1S/C13H20FN/c1-13(2,3)11-7-5-6-10(8-11)12(14)9-15-4/h5-8,12,15H,9H2,1-4H3. The number of likely N-dealkylation sites (N-methyl/N-ethyl adjacent to an activating group) is 1. The lowest BCUT2D eigenvalue weighted by Crippen LogP contribution is -2.15. The zero-order valence-electron chi connectivity index (χ0n) is 9.97. The average molecular weight is 209 g/mol. The first-order valence-corrected chi connectivity index (χ1v) is 5.34. The summed E-state index contributed by atoms with van der Waals surface area (Å²) in [5.74, 6) is 0. The quantitative estimate of drug-likeness (QED) is 0.806. The minimum atomic E-state index is -0.919. The molecule has 0 radical (unpaired) electrons. The van der Waals surface area contributed by atoms with Gasteiger partial charge in [-0.15, -0.1) is 0 Å². The van der Waals surface area contributed by atoms with Gasteiger partial charge in [0.2, 0.25) is 0 Å². The van der Waals surface area contributed by atoms with Gasteiger partial charge in [0.05, 0.1) is 0 Å². The molecule has 0 aliphatic heterocycles. The molecule has 0 saturated carbocycles. The normalized spacial score (nSPS) is 13.9. The van der Waals surface area contributed by atoms with Crippen LogP contribution in [0.4, 0.5) is 4.39 Å². The molecule has 1 unspecified atom stereocenters. The van der Waals surface area contributed by atoms with Crippen LogP contribution in [-0.2, 0) is 5.41 Å². The van der Waals surface area contributed by atoms with E-state index in [1.165, 1.54) is 5.56 Å². The maximum atomic E-state index is 13.6. The number of benzene rings is 1. The molecule has 15 heavy (non-hydrogen) atoms. The van der Waals surface area contributed by atoms with E-state index in [1.54, 1.807) is 7.05 Å². The summed E-state index contributed by atoms with van der Waals surface area (Å²) in [6.07, 6.45) is -0.919. The highest BCUT2D eigenvalue weighted by molar-refractivity contribution is 5.30. The Hall–Kier alpha value is -0.890. The van der Waals surface area contributed by atoms with Crippen molar-refractivity contribution in [1.82, 2.24) is 5.32 Å². The fourth-order valence-corrected chi connectivity index (χ4v) is 1.50. The van der Waals surface area contributed by atoms with E-state index in [0.29, 0.717) is 6.54 Å². The molecule has 0 aliphatic rings. The number of alkyl halides is 1. The van der Waals surface area contributed by atoms with Crippen molar-refractivity contribution in [2.45, 2.75) is 32.4 Å². The highest BCUT2D eigenvalue weighted by Crippen LogP contribution is 2.26. The van der Waals surface area contributed by atoms with Gasteiger partial charge in [-0.1, -0.05) is 45.0 Å². The van der Waals surface area contributed by atoms with Crippen molar-refractivity contribution >= 4 is 0 Å². The minimum Gasteiger partial charge on any atom is -0.317 e. The Morgan fingerprint density at radius 1 is 1.33 bits per heavy atom. The van der Waals surface area contributed by atoms with E-state index in [2.05, 4.69) is 32.2 Å². The van der Waals surface area contributed by atoms with Crippen molar-refractivity contribution < 1.29 is 4.39 Å². The van der Waals surface area contributed by atoms with Gasteiger partial charge in [-0.3, -0.25) is 0 Å². The summed E-state index contributed by atoms with van der Waals surface area (Å²) in [5, 5.41) is 2.85. The number of hydrogen-bond acceptors (Lipinski definition) is 1. The summed E-state index contributed by atoms with van der Waals surface area (Å²) in [5.41, 5.74) is 2.02. The van der Waals surface area contributed by atoms with E-state index in [1.807, 2.05) is 18.2 Å². The Bertz CT molecular complexity index is 315. The smallest absolute Gasteiger partial charge is 0.137 e. The van der Waals surface area contributed by atoms with E-state index in [4.69, 9.17) is 0 Å². The van der Waals surface area contributed by atoms with E-state index in [9.17, 15) is 4.39 Å². The second-order valence-electron chi connectivity index (χ2n) is 4.90. The summed E-state index contributed by atoms with van der Waals surface area (Å²) in [6.45, 7) is 6.78. The third kappa shape index (κ3) is 3.31. The predicted octanol–water partition coefficient (Wildman–Crippen LogP) is 3.21. The molecule has 84 valence electrons. The number of halogens is 1. The van der Waals surface area contributed by atoms with Gasteiger partial charge >= 0.3 is 0 Å². The molecule has 1 nitrogen and oxygen atoms in total. The Morgan fingerprint density at radius 3 is 2.53 bits per heavy atom. The van der Waals surface area contributed by atoms with E-state index in [0.717, 1.165) is 5.56 Å². The lowest BCUT2D eigenvalue weighted by atomic mass is 9.86. The van der Waals surface area contributed by atoms with Crippen molar-refractivity contribution in [3.05, 3.63) is 35.4 Å². The highest BCUT2D eigenvalue weighted by Gasteiger charge is 2.16. The van der Waals surface area contributed by atoms with Crippen LogP contribution in [0.2, 0.25) is 0 Å². The molecule has 0 aromatic heterocycles. The second kappa shape index (κ2) is 4.75. The van der Waals surface area contributed by atoms with Crippen molar-refractivity contribution in [2.24, 2.45) is 0 Å². The van der Waals surface area contributed by atoms with Crippen molar-refractivity contribution in [3.8, 4) is 0 Å². The van der Waals surface area contributed by atoms with Gasteiger partial charge in [0.15, 0.2) is 0 Å².